The molecule has 0 fully saturated rings. The second kappa shape index (κ2) is 23.5. The van der Waals surface area contributed by atoms with E-state index in [4.69, 9.17) is 38.4 Å². The van der Waals surface area contributed by atoms with Crippen LogP contribution in [0.5, 0.6) is 11.5 Å². The summed E-state index contributed by atoms with van der Waals surface area (Å²) in [6.07, 6.45) is 5.11. The highest BCUT2D eigenvalue weighted by atomic mass is 35.5. The van der Waals surface area contributed by atoms with E-state index in [0.29, 0.717) is 53.6 Å². The number of hydrogen-bond donors (Lipinski definition) is 6. The van der Waals surface area contributed by atoms with Gasteiger partial charge in [-0.1, -0.05) is 59.6 Å². The van der Waals surface area contributed by atoms with Crippen molar-refractivity contribution in [2.45, 2.75) is 60.8 Å². The quantitative estimate of drug-likeness (QED) is 0.0421. The lowest BCUT2D eigenvalue weighted by molar-refractivity contribution is 0.416. The molecule has 68 heavy (non-hydrogen) atoms. The summed E-state index contributed by atoms with van der Waals surface area (Å²) in [7, 11) is -7.25. The maximum absolute atomic E-state index is 12.8. The van der Waals surface area contributed by atoms with Crippen molar-refractivity contribution >= 4 is 99.2 Å². The molecule has 7 N–H and O–H groups in total. The van der Waals surface area contributed by atoms with Crippen LogP contribution in [0.15, 0.2) is 107 Å². The average molecular weight is 1030 g/mol. The van der Waals surface area contributed by atoms with Crippen molar-refractivity contribution in [3.8, 4) is 11.5 Å². The highest BCUT2D eigenvalue weighted by molar-refractivity contribution is 7.92. The zero-order chi connectivity index (χ0) is 49.8. The molecule has 0 unspecified atom stereocenters. The Bertz CT molecular complexity index is 3060. The summed E-state index contributed by atoms with van der Waals surface area (Å²) < 4.78 is 87.0. The summed E-state index contributed by atoms with van der Waals surface area (Å²) in [5.41, 5.74) is 9.52. The van der Waals surface area contributed by atoms with Gasteiger partial charge < -0.3 is 36.5 Å². The number of benzene rings is 4. The molecule has 2 heterocycles. The number of ether oxygens (including phenoxy) is 2. The molecule has 4 aromatic carbocycles. The van der Waals surface area contributed by atoms with Crippen molar-refractivity contribution in [1.82, 2.24) is 24.7 Å². The summed E-state index contributed by atoms with van der Waals surface area (Å²) in [4.78, 5) is 17.6. The van der Waals surface area contributed by atoms with Gasteiger partial charge in [-0.3, -0.25) is 0 Å². The molecule has 0 aliphatic carbocycles. The van der Waals surface area contributed by atoms with E-state index in [1.165, 1.54) is 25.6 Å². The van der Waals surface area contributed by atoms with Crippen LogP contribution in [-0.2, 0) is 42.5 Å². The molecule has 0 atom stereocenters. The molecule has 0 saturated heterocycles. The first-order valence-electron chi connectivity index (χ1n) is 20.9. The molecule has 0 spiro atoms. The molecule has 0 amide bonds. The normalized spacial score (nSPS) is 11.7. The van der Waals surface area contributed by atoms with E-state index in [1.807, 2.05) is 24.3 Å². The SMILES string of the molecule is COc1ccc(CCN)cc1Nc1ncc(Cl)c(Nc2ccccc2S(=O)(=O)C(C)C)n1.COc1ccc(CCNS(C)(=O)=O)cc1Nc1ncc(Cl)c(Nc2ccccc2S(=O)(=O)C(C)C)n1. The highest BCUT2D eigenvalue weighted by Gasteiger charge is 2.25. The summed E-state index contributed by atoms with van der Waals surface area (Å²) >= 11 is 12.6. The molecular formula is C45H54Cl2N10O8S3. The largest absolute Gasteiger partial charge is 0.495 e. The Morgan fingerprint density at radius 2 is 1.00 bits per heavy atom. The van der Waals surface area contributed by atoms with Crippen molar-refractivity contribution in [3.05, 3.63) is 118 Å². The molecule has 2 aromatic heterocycles. The summed E-state index contributed by atoms with van der Waals surface area (Å²) in [5, 5.41) is 11.5. The standard InChI is InChI=1S/C23H28ClN5O5S2.C22H26ClN5O3S/c1-15(2)36(32,33)21-8-6-5-7-18(21)27-22-17(24)14-25-23(29-22)28-19-13-16(9-10-20(19)34-3)11-12-26-35(4,30)31;1-14(2)32(29,30)20-7-5-4-6-17(20)26-21-16(23)13-25-22(28-21)27-18-12-15(10-11-24)8-9-19(18)31-3/h5-10,13-15,26H,11-12H2,1-4H3,(H2,25,27,28,29);4-9,12-14H,10-11,24H2,1-3H3,(H2,25,26,27,28). The van der Waals surface area contributed by atoms with Crippen LogP contribution in [0.3, 0.4) is 0 Å². The number of aromatic nitrogens is 4. The van der Waals surface area contributed by atoms with Gasteiger partial charge in [0, 0.05) is 6.54 Å². The molecule has 18 nitrogen and oxygen atoms in total. The molecule has 23 heteroatoms. The van der Waals surface area contributed by atoms with Gasteiger partial charge in [-0.25, -0.2) is 39.9 Å². The number of methoxy groups -OCH3 is 2. The summed E-state index contributed by atoms with van der Waals surface area (Å²) in [6, 6.07) is 24.3. The number of hydrogen-bond acceptors (Lipinski definition) is 17. The molecule has 0 aliphatic heterocycles. The smallest absolute Gasteiger partial charge is 0.229 e. The number of rotatable bonds is 20. The van der Waals surface area contributed by atoms with Gasteiger partial charge >= 0.3 is 0 Å². The average Bonchev–Trinajstić information content (AvgIpc) is 3.29. The van der Waals surface area contributed by atoms with Crippen molar-refractivity contribution in [2.75, 3.05) is 54.8 Å². The van der Waals surface area contributed by atoms with E-state index < -0.39 is 40.2 Å². The van der Waals surface area contributed by atoms with E-state index in [2.05, 4.69) is 45.9 Å². The Kier molecular flexibility index (Phi) is 18.3. The maximum atomic E-state index is 12.8. The maximum Gasteiger partial charge on any atom is 0.229 e. The third-order valence-electron chi connectivity index (χ3n) is 9.85. The molecular weight excluding hydrogens is 976 g/mol. The van der Waals surface area contributed by atoms with E-state index >= 15 is 0 Å². The fourth-order valence-corrected chi connectivity index (χ4v) is 9.39. The first-order chi connectivity index (χ1) is 32.2. The lowest BCUT2D eigenvalue weighted by atomic mass is 10.1. The highest BCUT2D eigenvalue weighted by Crippen LogP contribution is 2.34. The Balaban J connectivity index is 0.000000256. The Morgan fingerprint density at radius 1 is 0.588 bits per heavy atom. The van der Waals surface area contributed by atoms with Crippen LogP contribution in [0.25, 0.3) is 0 Å². The first kappa shape index (κ1) is 53.1. The van der Waals surface area contributed by atoms with Crippen LogP contribution in [-0.4, -0.2) is 89.3 Å². The van der Waals surface area contributed by atoms with E-state index in [1.54, 1.807) is 89.4 Å². The molecule has 6 aromatic rings. The minimum absolute atomic E-state index is 0.140. The van der Waals surface area contributed by atoms with Crippen LogP contribution in [0, 0.1) is 0 Å². The van der Waals surface area contributed by atoms with Crippen molar-refractivity contribution < 1.29 is 34.7 Å². The third kappa shape index (κ3) is 14.1. The number of sulfonamides is 1. The topological polar surface area (TPSA) is 259 Å². The lowest BCUT2D eigenvalue weighted by Crippen LogP contribution is -2.24. The van der Waals surface area contributed by atoms with Gasteiger partial charge in [0.1, 0.15) is 21.5 Å². The summed E-state index contributed by atoms with van der Waals surface area (Å²) in [5.74, 6) is 2.09. The van der Waals surface area contributed by atoms with E-state index in [9.17, 15) is 25.3 Å². The van der Waals surface area contributed by atoms with Crippen molar-refractivity contribution in [1.29, 1.82) is 0 Å². The lowest BCUT2D eigenvalue weighted by Gasteiger charge is -2.16. The fraction of sp³-hybridized carbons (Fsp3) is 0.289. The van der Waals surface area contributed by atoms with Crippen LogP contribution >= 0.6 is 23.2 Å². The number of anilines is 8. The van der Waals surface area contributed by atoms with E-state index in [-0.39, 0.29) is 49.9 Å². The molecule has 0 bridgehead atoms. The minimum atomic E-state index is -3.55. The van der Waals surface area contributed by atoms with Crippen molar-refractivity contribution in [3.63, 3.8) is 0 Å². The minimum Gasteiger partial charge on any atom is -0.495 e. The zero-order valence-corrected chi connectivity index (χ0v) is 42.3. The summed E-state index contributed by atoms with van der Waals surface area (Å²) in [6.45, 7) is 7.27. The predicted octanol–water partition coefficient (Wildman–Crippen LogP) is 8.21. The number of nitrogens with zero attached hydrogens (tertiary/aromatic N) is 4. The van der Waals surface area contributed by atoms with Crippen LogP contribution < -0.4 is 41.2 Å². The predicted molar refractivity (Wildman–Crippen MR) is 270 cm³/mol. The molecule has 0 saturated carbocycles. The molecule has 0 radical (unpaired) electrons. The molecule has 364 valence electrons. The van der Waals surface area contributed by atoms with Crippen molar-refractivity contribution in [2.24, 2.45) is 5.73 Å². The van der Waals surface area contributed by atoms with Gasteiger partial charge in [-0.05, 0) is 107 Å². The first-order valence-corrected chi connectivity index (χ1v) is 26.7. The second-order valence-electron chi connectivity index (χ2n) is 15.5. The fourth-order valence-electron chi connectivity index (χ4n) is 6.23. The van der Waals surface area contributed by atoms with Gasteiger partial charge in [-0.2, -0.15) is 9.97 Å². The third-order valence-corrected chi connectivity index (χ3v) is 15.6. The Labute approximate surface area is 407 Å². The van der Waals surface area contributed by atoms with Gasteiger partial charge in [0.2, 0.25) is 21.9 Å². The van der Waals surface area contributed by atoms with E-state index in [0.717, 1.165) is 17.4 Å². The number of halogens is 2. The van der Waals surface area contributed by atoms with Gasteiger partial charge in [0.25, 0.3) is 0 Å². The van der Waals surface area contributed by atoms with Crippen LogP contribution in [0.2, 0.25) is 10.0 Å². The van der Waals surface area contributed by atoms with Crippen LogP contribution in [0.4, 0.5) is 46.3 Å². The monoisotopic (exact) mass is 1030 g/mol. The number of sulfone groups is 2. The van der Waals surface area contributed by atoms with Crippen LogP contribution in [0.1, 0.15) is 38.8 Å². The van der Waals surface area contributed by atoms with Gasteiger partial charge in [0.05, 0.1) is 75.9 Å². The second-order valence-corrected chi connectivity index (χ2v) is 23.1. The number of nitrogens with one attached hydrogen (secondary N) is 5. The Hall–Kier alpha value is -5.81. The van der Waals surface area contributed by atoms with Gasteiger partial charge in [-0.15, -0.1) is 0 Å². The number of nitrogens with two attached hydrogens (primary N) is 1. The molecule has 0 aliphatic rings. The number of para-hydroxylation sites is 2. The zero-order valence-electron chi connectivity index (χ0n) is 38.3. The molecule has 6 rings (SSSR count). The Morgan fingerprint density at radius 3 is 1.38 bits per heavy atom. The van der Waals surface area contributed by atoms with Gasteiger partial charge in [0.15, 0.2) is 31.3 Å².